The van der Waals surface area contributed by atoms with Gasteiger partial charge >= 0.3 is 0 Å². The van der Waals surface area contributed by atoms with Crippen LogP contribution in [-0.2, 0) is 6.42 Å². The molecule has 1 aromatic carbocycles. The highest BCUT2D eigenvalue weighted by atomic mass is 16.1. The number of carbonyl (C=O) groups excluding carboxylic acids is 1. The van der Waals surface area contributed by atoms with Gasteiger partial charge in [-0.3, -0.25) is 9.59 Å². The standard InChI is InChI=1S/C12H11NO2/c1-2-8-4-3-5-9-6-10(7-14)12(15)13-11(8)9/h3-7H,2H2,1H3,(H,13,15). The minimum absolute atomic E-state index is 0.177. The van der Waals surface area contributed by atoms with Gasteiger partial charge in [-0.2, -0.15) is 0 Å². The van der Waals surface area contributed by atoms with Crippen molar-refractivity contribution in [2.24, 2.45) is 0 Å². The summed E-state index contributed by atoms with van der Waals surface area (Å²) in [5.74, 6) is 0. The molecule has 1 aromatic heterocycles. The van der Waals surface area contributed by atoms with Crippen LogP contribution in [0.25, 0.3) is 10.9 Å². The van der Waals surface area contributed by atoms with E-state index in [1.807, 2.05) is 25.1 Å². The van der Waals surface area contributed by atoms with Crippen molar-refractivity contribution in [1.29, 1.82) is 0 Å². The number of para-hydroxylation sites is 1. The third kappa shape index (κ3) is 1.56. The van der Waals surface area contributed by atoms with E-state index in [1.54, 1.807) is 6.07 Å². The summed E-state index contributed by atoms with van der Waals surface area (Å²) in [6, 6.07) is 7.41. The SMILES string of the molecule is CCc1cccc2cc(C=O)c(=O)[nH]c12. The molecule has 0 saturated carbocycles. The van der Waals surface area contributed by atoms with Gasteiger partial charge in [0.15, 0.2) is 6.29 Å². The molecule has 2 rings (SSSR count). The molecule has 0 aliphatic carbocycles. The van der Waals surface area contributed by atoms with Crippen molar-refractivity contribution in [3.63, 3.8) is 0 Å². The summed E-state index contributed by atoms with van der Waals surface area (Å²) >= 11 is 0. The lowest BCUT2D eigenvalue weighted by molar-refractivity contribution is 0.112. The van der Waals surface area contributed by atoms with E-state index in [4.69, 9.17) is 0 Å². The number of rotatable bonds is 2. The van der Waals surface area contributed by atoms with Crippen molar-refractivity contribution in [3.8, 4) is 0 Å². The molecule has 76 valence electrons. The van der Waals surface area contributed by atoms with Gasteiger partial charge in [0.1, 0.15) is 0 Å². The van der Waals surface area contributed by atoms with Gasteiger partial charge in [0.25, 0.3) is 5.56 Å². The lowest BCUT2D eigenvalue weighted by Crippen LogP contribution is -2.12. The number of aldehydes is 1. The van der Waals surface area contributed by atoms with E-state index in [0.29, 0.717) is 6.29 Å². The Kier molecular flexibility index (Phi) is 2.37. The van der Waals surface area contributed by atoms with E-state index in [1.165, 1.54) is 0 Å². The molecule has 0 aliphatic heterocycles. The Balaban J connectivity index is 2.86. The summed E-state index contributed by atoms with van der Waals surface area (Å²) in [6.07, 6.45) is 1.44. The Bertz CT molecular complexity index is 569. The van der Waals surface area contributed by atoms with Crippen LogP contribution >= 0.6 is 0 Å². The lowest BCUT2D eigenvalue weighted by Gasteiger charge is -2.03. The summed E-state index contributed by atoms with van der Waals surface area (Å²) in [5, 5.41) is 0.899. The summed E-state index contributed by atoms with van der Waals surface area (Å²) in [5.41, 5.74) is 1.77. The predicted octanol–water partition coefficient (Wildman–Crippen LogP) is 1.90. The van der Waals surface area contributed by atoms with E-state index in [9.17, 15) is 9.59 Å². The first-order chi connectivity index (χ1) is 7.26. The van der Waals surface area contributed by atoms with Gasteiger partial charge in [-0.15, -0.1) is 0 Å². The zero-order valence-electron chi connectivity index (χ0n) is 8.41. The first kappa shape index (κ1) is 9.65. The maximum atomic E-state index is 11.4. The third-order valence-electron chi connectivity index (χ3n) is 2.50. The van der Waals surface area contributed by atoms with Crippen LogP contribution in [0.15, 0.2) is 29.1 Å². The van der Waals surface area contributed by atoms with Crippen LogP contribution in [0, 0.1) is 0 Å². The van der Waals surface area contributed by atoms with E-state index in [-0.39, 0.29) is 11.1 Å². The van der Waals surface area contributed by atoms with Crippen LogP contribution < -0.4 is 5.56 Å². The highest BCUT2D eigenvalue weighted by molar-refractivity contribution is 5.87. The van der Waals surface area contributed by atoms with Crippen molar-refractivity contribution in [1.82, 2.24) is 4.98 Å². The fourth-order valence-electron chi connectivity index (χ4n) is 1.69. The smallest absolute Gasteiger partial charge is 0.259 e. The van der Waals surface area contributed by atoms with Gasteiger partial charge in [-0.25, -0.2) is 0 Å². The first-order valence-corrected chi connectivity index (χ1v) is 4.86. The van der Waals surface area contributed by atoms with E-state index in [0.717, 1.165) is 22.9 Å². The molecule has 3 nitrogen and oxygen atoms in total. The van der Waals surface area contributed by atoms with Crippen LogP contribution in [0.4, 0.5) is 0 Å². The lowest BCUT2D eigenvalue weighted by atomic mass is 10.1. The molecule has 15 heavy (non-hydrogen) atoms. The monoisotopic (exact) mass is 201 g/mol. The number of hydrogen-bond donors (Lipinski definition) is 1. The van der Waals surface area contributed by atoms with Gasteiger partial charge < -0.3 is 4.98 Å². The normalized spacial score (nSPS) is 10.5. The minimum atomic E-state index is -0.321. The minimum Gasteiger partial charge on any atom is -0.321 e. The Labute approximate surface area is 86.8 Å². The summed E-state index contributed by atoms with van der Waals surface area (Å²) in [6.45, 7) is 2.03. The molecule has 0 amide bonds. The zero-order valence-corrected chi connectivity index (χ0v) is 8.41. The molecule has 3 heteroatoms. The molecule has 0 saturated heterocycles. The predicted molar refractivity (Wildman–Crippen MR) is 59.3 cm³/mol. The summed E-state index contributed by atoms with van der Waals surface area (Å²) in [7, 11) is 0. The quantitative estimate of drug-likeness (QED) is 0.754. The molecular weight excluding hydrogens is 190 g/mol. The number of aromatic nitrogens is 1. The average Bonchev–Trinajstić information content (AvgIpc) is 2.27. The number of hydrogen-bond acceptors (Lipinski definition) is 2. The first-order valence-electron chi connectivity index (χ1n) is 4.86. The van der Waals surface area contributed by atoms with E-state index in [2.05, 4.69) is 4.98 Å². The second-order valence-corrected chi connectivity index (χ2v) is 3.41. The van der Waals surface area contributed by atoms with Gasteiger partial charge in [0.05, 0.1) is 11.1 Å². The number of carbonyl (C=O) groups is 1. The van der Waals surface area contributed by atoms with Crippen LogP contribution in [-0.4, -0.2) is 11.3 Å². The van der Waals surface area contributed by atoms with Crippen molar-refractivity contribution in [2.45, 2.75) is 13.3 Å². The van der Waals surface area contributed by atoms with E-state index < -0.39 is 0 Å². The number of fused-ring (bicyclic) bond motifs is 1. The van der Waals surface area contributed by atoms with Crippen LogP contribution in [0.3, 0.4) is 0 Å². The van der Waals surface area contributed by atoms with Crippen molar-refractivity contribution in [3.05, 3.63) is 45.7 Å². The second kappa shape index (κ2) is 3.69. The molecule has 2 aromatic rings. The highest BCUT2D eigenvalue weighted by Crippen LogP contribution is 2.15. The molecule has 1 N–H and O–H groups in total. The third-order valence-corrected chi connectivity index (χ3v) is 2.50. The molecular formula is C12H11NO2. The highest BCUT2D eigenvalue weighted by Gasteiger charge is 2.03. The van der Waals surface area contributed by atoms with E-state index >= 15 is 0 Å². The van der Waals surface area contributed by atoms with Gasteiger partial charge in [-0.1, -0.05) is 25.1 Å². The molecule has 0 radical (unpaired) electrons. The number of H-pyrrole nitrogens is 1. The summed E-state index contributed by atoms with van der Waals surface area (Å²) < 4.78 is 0. The number of nitrogens with one attached hydrogen (secondary N) is 1. The van der Waals surface area contributed by atoms with Gasteiger partial charge in [0, 0.05) is 0 Å². The summed E-state index contributed by atoms with van der Waals surface area (Å²) in [4.78, 5) is 24.8. The molecule has 1 heterocycles. The maximum Gasteiger partial charge on any atom is 0.259 e. The average molecular weight is 201 g/mol. The maximum absolute atomic E-state index is 11.4. The van der Waals surface area contributed by atoms with Crippen LogP contribution in [0.2, 0.25) is 0 Å². The Morgan fingerprint density at radius 2 is 2.20 bits per heavy atom. The second-order valence-electron chi connectivity index (χ2n) is 3.41. The van der Waals surface area contributed by atoms with Crippen LogP contribution in [0.5, 0.6) is 0 Å². The number of benzene rings is 1. The Morgan fingerprint density at radius 1 is 1.40 bits per heavy atom. The fraction of sp³-hybridized carbons (Fsp3) is 0.167. The number of pyridine rings is 1. The van der Waals surface area contributed by atoms with Crippen LogP contribution in [0.1, 0.15) is 22.8 Å². The van der Waals surface area contributed by atoms with Gasteiger partial charge in [0.2, 0.25) is 0 Å². The Hall–Kier alpha value is -1.90. The topological polar surface area (TPSA) is 49.9 Å². The van der Waals surface area contributed by atoms with Crippen molar-refractivity contribution in [2.75, 3.05) is 0 Å². The molecule has 0 unspecified atom stereocenters. The molecule has 0 aliphatic rings. The zero-order chi connectivity index (χ0) is 10.8. The molecule has 0 fully saturated rings. The molecule has 0 bridgehead atoms. The van der Waals surface area contributed by atoms with Crippen molar-refractivity contribution < 1.29 is 4.79 Å². The van der Waals surface area contributed by atoms with Crippen molar-refractivity contribution >= 4 is 17.2 Å². The molecule has 0 atom stereocenters. The van der Waals surface area contributed by atoms with Gasteiger partial charge in [-0.05, 0) is 23.4 Å². The Morgan fingerprint density at radius 3 is 2.87 bits per heavy atom. The largest absolute Gasteiger partial charge is 0.321 e. The fourth-order valence-corrected chi connectivity index (χ4v) is 1.69. The number of aryl methyl sites for hydroxylation is 1. The molecule has 0 spiro atoms. The number of aromatic amines is 1.